The molecular weight excluding hydrogens is 382 g/mol. The molecule has 1 amide bonds. The number of hydrogen-bond donors (Lipinski definition) is 0. The Bertz CT molecular complexity index is 1200. The van der Waals surface area contributed by atoms with Crippen LogP contribution in [0.4, 0.5) is 0 Å². The molecule has 0 atom stereocenters. The molecule has 0 N–H and O–H groups in total. The first-order valence-corrected chi connectivity index (χ1v) is 11.0. The standard InChI is InChI=1S/C27H25N3O/c31-27(30-17-9-1-2-10-18-30)22-15-16-23-24(19-22)29-26(21-13-7-4-8-14-21)25(28-23)20-11-5-3-6-12-20/h3-8,11-16,19H,1-2,9-10,17-18H2. The average molecular weight is 408 g/mol. The molecule has 4 nitrogen and oxygen atoms in total. The van der Waals surface area contributed by atoms with Crippen molar-refractivity contribution in [1.82, 2.24) is 14.9 Å². The molecule has 0 spiro atoms. The van der Waals surface area contributed by atoms with Gasteiger partial charge in [-0.25, -0.2) is 9.97 Å². The second-order valence-electron chi connectivity index (χ2n) is 8.06. The first-order valence-electron chi connectivity index (χ1n) is 11.0. The zero-order valence-electron chi connectivity index (χ0n) is 17.5. The number of nitrogens with zero attached hydrogens (tertiary/aromatic N) is 3. The van der Waals surface area contributed by atoms with Gasteiger partial charge in [0.05, 0.1) is 22.4 Å². The summed E-state index contributed by atoms with van der Waals surface area (Å²) in [7, 11) is 0. The maximum atomic E-state index is 13.1. The lowest BCUT2D eigenvalue weighted by atomic mass is 10.0. The van der Waals surface area contributed by atoms with E-state index in [-0.39, 0.29) is 5.91 Å². The predicted molar refractivity (Wildman–Crippen MR) is 125 cm³/mol. The highest BCUT2D eigenvalue weighted by molar-refractivity contribution is 5.98. The first-order chi connectivity index (χ1) is 15.3. The van der Waals surface area contributed by atoms with Gasteiger partial charge in [-0.1, -0.05) is 73.5 Å². The third-order valence-electron chi connectivity index (χ3n) is 5.90. The number of aromatic nitrogens is 2. The van der Waals surface area contributed by atoms with Gasteiger partial charge in [-0.15, -0.1) is 0 Å². The summed E-state index contributed by atoms with van der Waals surface area (Å²) in [6.45, 7) is 1.68. The fraction of sp³-hybridized carbons (Fsp3) is 0.222. The van der Waals surface area contributed by atoms with Crippen LogP contribution in [-0.4, -0.2) is 33.9 Å². The minimum absolute atomic E-state index is 0.0963. The molecule has 1 aliphatic rings. The average Bonchev–Trinajstić information content (AvgIpc) is 3.13. The van der Waals surface area contributed by atoms with Crippen molar-refractivity contribution in [2.45, 2.75) is 25.7 Å². The molecule has 0 saturated carbocycles. The van der Waals surface area contributed by atoms with E-state index in [0.29, 0.717) is 5.56 Å². The molecule has 1 saturated heterocycles. The number of benzene rings is 3. The Kier molecular flexibility index (Phi) is 5.44. The molecule has 1 fully saturated rings. The zero-order valence-corrected chi connectivity index (χ0v) is 17.5. The van der Waals surface area contributed by atoms with Gasteiger partial charge in [-0.3, -0.25) is 4.79 Å². The summed E-state index contributed by atoms with van der Waals surface area (Å²) in [5, 5.41) is 0. The Morgan fingerprint density at radius 2 is 1.19 bits per heavy atom. The second-order valence-corrected chi connectivity index (χ2v) is 8.06. The maximum Gasteiger partial charge on any atom is 0.253 e. The lowest BCUT2D eigenvalue weighted by Gasteiger charge is -2.20. The molecule has 4 aromatic rings. The van der Waals surface area contributed by atoms with Gasteiger partial charge in [-0.05, 0) is 31.0 Å². The van der Waals surface area contributed by atoms with Crippen LogP contribution in [0.2, 0.25) is 0 Å². The Morgan fingerprint density at radius 1 is 0.645 bits per heavy atom. The van der Waals surface area contributed by atoms with Crippen molar-refractivity contribution in [3.63, 3.8) is 0 Å². The molecule has 0 unspecified atom stereocenters. The highest BCUT2D eigenvalue weighted by atomic mass is 16.2. The third kappa shape index (κ3) is 4.06. The van der Waals surface area contributed by atoms with Crippen molar-refractivity contribution in [2.24, 2.45) is 0 Å². The molecule has 2 heterocycles. The predicted octanol–water partition coefficient (Wildman–Crippen LogP) is 5.98. The summed E-state index contributed by atoms with van der Waals surface area (Å²) in [6.07, 6.45) is 4.57. The Balaban J connectivity index is 1.61. The summed E-state index contributed by atoms with van der Waals surface area (Å²) >= 11 is 0. The van der Waals surface area contributed by atoms with E-state index < -0.39 is 0 Å². The Labute approximate surface area is 182 Å². The molecule has 0 aliphatic carbocycles. The van der Waals surface area contributed by atoms with Crippen LogP contribution in [0.5, 0.6) is 0 Å². The van der Waals surface area contributed by atoms with E-state index in [1.54, 1.807) is 0 Å². The van der Waals surface area contributed by atoms with E-state index >= 15 is 0 Å². The Hall–Kier alpha value is -3.53. The number of likely N-dealkylation sites (tertiary alicyclic amines) is 1. The van der Waals surface area contributed by atoms with Gasteiger partial charge in [0.2, 0.25) is 0 Å². The number of amides is 1. The van der Waals surface area contributed by atoms with Gasteiger partial charge < -0.3 is 4.90 Å². The van der Waals surface area contributed by atoms with Crippen LogP contribution >= 0.6 is 0 Å². The van der Waals surface area contributed by atoms with Gasteiger partial charge in [0.25, 0.3) is 5.91 Å². The molecule has 31 heavy (non-hydrogen) atoms. The van der Waals surface area contributed by atoms with E-state index in [1.807, 2.05) is 59.5 Å². The lowest BCUT2D eigenvalue weighted by molar-refractivity contribution is 0.0762. The first kappa shape index (κ1) is 19.4. The van der Waals surface area contributed by atoms with Crippen molar-refractivity contribution >= 4 is 16.9 Å². The molecule has 1 aliphatic heterocycles. The summed E-state index contributed by atoms with van der Waals surface area (Å²) < 4.78 is 0. The highest BCUT2D eigenvalue weighted by Crippen LogP contribution is 2.31. The summed E-state index contributed by atoms with van der Waals surface area (Å²) in [5.74, 6) is 0.0963. The molecule has 154 valence electrons. The van der Waals surface area contributed by atoms with Crippen LogP contribution in [-0.2, 0) is 0 Å². The monoisotopic (exact) mass is 407 g/mol. The number of hydrogen-bond acceptors (Lipinski definition) is 3. The molecule has 4 heteroatoms. The summed E-state index contributed by atoms with van der Waals surface area (Å²) in [5.41, 5.74) is 5.96. The van der Waals surface area contributed by atoms with E-state index in [1.165, 1.54) is 12.8 Å². The van der Waals surface area contributed by atoms with Crippen LogP contribution in [0.1, 0.15) is 36.0 Å². The largest absolute Gasteiger partial charge is 0.339 e. The van der Waals surface area contributed by atoms with Gasteiger partial charge in [0.1, 0.15) is 0 Å². The van der Waals surface area contributed by atoms with E-state index in [2.05, 4.69) is 24.3 Å². The smallest absolute Gasteiger partial charge is 0.253 e. The SMILES string of the molecule is O=C(c1ccc2nc(-c3ccccc3)c(-c3ccccc3)nc2c1)N1CCCCCC1. The van der Waals surface area contributed by atoms with Crippen LogP contribution in [0.25, 0.3) is 33.5 Å². The quantitative estimate of drug-likeness (QED) is 0.420. The fourth-order valence-corrected chi connectivity index (χ4v) is 4.24. The summed E-state index contributed by atoms with van der Waals surface area (Å²) in [6, 6.07) is 26.0. The number of carbonyl (C=O) groups is 1. The topological polar surface area (TPSA) is 46.1 Å². The molecule has 1 aromatic heterocycles. The van der Waals surface area contributed by atoms with Crippen LogP contribution in [0.15, 0.2) is 78.9 Å². The van der Waals surface area contributed by atoms with Crippen molar-refractivity contribution in [3.8, 4) is 22.5 Å². The van der Waals surface area contributed by atoms with Crippen molar-refractivity contribution in [2.75, 3.05) is 13.1 Å². The third-order valence-corrected chi connectivity index (χ3v) is 5.90. The van der Waals surface area contributed by atoms with Crippen molar-refractivity contribution in [3.05, 3.63) is 84.4 Å². The fourth-order valence-electron chi connectivity index (χ4n) is 4.24. The molecule has 0 bridgehead atoms. The van der Waals surface area contributed by atoms with E-state index in [4.69, 9.17) is 9.97 Å². The molecule has 3 aromatic carbocycles. The minimum atomic E-state index is 0.0963. The lowest BCUT2D eigenvalue weighted by Crippen LogP contribution is -2.31. The highest BCUT2D eigenvalue weighted by Gasteiger charge is 2.19. The normalized spacial score (nSPS) is 14.4. The van der Waals surface area contributed by atoms with Crippen LogP contribution in [0.3, 0.4) is 0 Å². The zero-order chi connectivity index (χ0) is 21.0. The molecule has 0 radical (unpaired) electrons. The number of rotatable bonds is 3. The van der Waals surface area contributed by atoms with Crippen LogP contribution in [0, 0.1) is 0 Å². The van der Waals surface area contributed by atoms with E-state index in [0.717, 1.165) is 59.5 Å². The second kappa shape index (κ2) is 8.68. The van der Waals surface area contributed by atoms with E-state index in [9.17, 15) is 4.79 Å². The molecular formula is C27H25N3O. The van der Waals surface area contributed by atoms with Gasteiger partial charge in [-0.2, -0.15) is 0 Å². The molecule has 5 rings (SSSR count). The van der Waals surface area contributed by atoms with Crippen LogP contribution < -0.4 is 0 Å². The number of carbonyl (C=O) groups excluding carboxylic acids is 1. The summed E-state index contributed by atoms with van der Waals surface area (Å²) in [4.78, 5) is 25.1. The minimum Gasteiger partial charge on any atom is -0.339 e. The Morgan fingerprint density at radius 3 is 1.77 bits per heavy atom. The van der Waals surface area contributed by atoms with Crippen molar-refractivity contribution in [1.29, 1.82) is 0 Å². The number of fused-ring (bicyclic) bond motifs is 1. The maximum absolute atomic E-state index is 13.1. The van der Waals surface area contributed by atoms with Gasteiger partial charge in [0.15, 0.2) is 0 Å². The van der Waals surface area contributed by atoms with Gasteiger partial charge >= 0.3 is 0 Å². The van der Waals surface area contributed by atoms with Crippen molar-refractivity contribution < 1.29 is 4.79 Å². The van der Waals surface area contributed by atoms with Gasteiger partial charge in [0, 0.05) is 29.8 Å².